The minimum absolute atomic E-state index is 0.0192. The zero-order valence-electron chi connectivity index (χ0n) is 19.5. The Bertz CT molecular complexity index is 1310. The number of halogens is 4. The number of carbonyl (C=O) groups excluding carboxylic acids is 2. The lowest BCUT2D eigenvalue weighted by Crippen LogP contribution is -2.61. The molecule has 2 amide bonds. The van der Waals surface area contributed by atoms with Gasteiger partial charge in [0, 0.05) is 24.3 Å². The van der Waals surface area contributed by atoms with Gasteiger partial charge in [-0.15, -0.1) is 0 Å². The van der Waals surface area contributed by atoms with Gasteiger partial charge >= 0.3 is 6.18 Å². The second-order valence-corrected chi connectivity index (χ2v) is 11.6. The summed E-state index contributed by atoms with van der Waals surface area (Å²) in [6, 6.07) is 7.59. The molecule has 0 bridgehead atoms. The van der Waals surface area contributed by atoms with Crippen molar-refractivity contribution in [2.24, 2.45) is 11.7 Å². The Morgan fingerprint density at radius 1 is 1.11 bits per heavy atom. The minimum atomic E-state index is -4.74. The Morgan fingerprint density at radius 3 is 2.33 bits per heavy atom. The van der Waals surface area contributed by atoms with Crippen molar-refractivity contribution in [2.45, 2.75) is 54.6 Å². The lowest BCUT2D eigenvalue weighted by atomic mass is 9.63. The highest BCUT2D eigenvalue weighted by Crippen LogP contribution is 2.52. The van der Waals surface area contributed by atoms with Gasteiger partial charge in [0.1, 0.15) is 11.4 Å². The Morgan fingerprint density at radius 2 is 1.81 bits per heavy atom. The van der Waals surface area contributed by atoms with E-state index in [0.29, 0.717) is 25.3 Å². The van der Waals surface area contributed by atoms with Crippen molar-refractivity contribution < 1.29 is 35.6 Å². The summed E-state index contributed by atoms with van der Waals surface area (Å²) >= 11 is 0. The molecular weight excluding hydrogens is 500 g/mol. The molecule has 2 fully saturated rings. The summed E-state index contributed by atoms with van der Waals surface area (Å²) in [5.74, 6) is -3.84. The standard InChI is InChI=1S/C25H26F4N2O4S/c1-36(34,35)18-8-3-7-16(13-18)22(32)31-12-4-11-24(31,23(30)33)21(15-5-2-6-15)19-10-9-17(14-20(19)26)25(27,28)29/h3,7-10,13-15,21H,2,4-6,11-12H2,1H3,(H2,30,33)/t21-,24+/m1/s1. The first-order valence-corrected chi connectivity index (χ1v) is 13.4. The molecule has 2 aromatic carbocycles. The number of benzene rings is 2. The van der Waals surface area contributed by atoms with Crippen LogP contribution in [0.5, 0.6) is 0 Å². The number of alkyl halides is 3. The molecule has 1 saturated heterocycles. The van der Waals surface area contributed by atoms with Gasteiger partial charge in [0.25, 0.3) is 5.91 Å². The summed E-state index contributed by atoms with van der Waals surface area (Å²) in [5.41, 5.74) is 3.01. The molecule has 1 saturated carbocycles. The normalized spacial score (nSPS) is 21.8. The quantitative estimate of drug-likeness (QED) is 0.568. The Hall–Kier alpha value is -2.95. The van der Waals surface area contributed by atoms with Crippen LogP contribution >= 0.6 is 0 Å². The molecule has 0 radical (unpaired) electrons. The largest absolute Gasteiger partial charge is 0.416 e. The molecule has 6 nitrogen and oxygen atoms in total. The second kappa shape index (κ2) is 9.17. The third kappa shape index (κ3) is 4.49. The summed E-state index contributed by atoms with van der Waals surface area (Å²) in [4.78, 5) is 28.0. The third-order valence-corrected chi connectivity index (χ3v) is 8.51. The van der Waals surface area contributed by atoms with Gasteiger partial charge in [0.2, 0.25) is 5.91 Å². The van der Waals surface area contributed by atoms with Crippen molar-refractivity contribution in [3.05, 3.63) is 65.0 Å². The van der Waals surface area contributed by atoms with E-state index < -0.39 is 50.7 Å². The molecule has 194 valence electrons. The van der Waals surface area contributed by atoms with Crippen LogP contribution in [0.25, 0.3) is 0 Å². The maximum Gasteiger partial charge on any atom is 0.416 e. The fraction of sp³-hybridized carbons (Fsp3) is 0.440. The van der Waals surface area contributed by atoms with Gasteiger partial charge in [0.05, 0.1) is 10.5 Å². The first kappa shape index (κ1) is 26.1. The SMILES string of the molecule is CS(=O)(=O)c1cccc(C(=O)N2CCC[C@@]2(C(N)=O)[C@@H](c2ccc(C(F)(F)F)cc2F)C2CCC2)c1. The van der Waals surface area contributed by atoms with E-state index in [9.17, 15) is 31.2 Å². The van der Waals surface area contributed by atoms with Gasteiger partial charge < -0.3 is 10.6 Å². The highest BCUT2D eigenvalue weighted by molar-refractivity contribution is 7.90. The van der Waals surface area contributed by atoms with Gasteiger partial charge in [-0.2, -0.15) is 13.2 Å². The molecule has 2 aliphatic rings. The van der Waals surface area contributed by atoms with Gasteiger partial charge in [-0.25, -0.2) is 12.8 Å². The molecule has 2 atom stereocenters. The maximum atomic E-state index is 15.3. The second-order valence-electron chi connectivity index (χ2n) is 9.55. The van der Waals surface area contributed by atoms with Crippen LogP contribution in [0.15, 0.2) is 47.4 Å². The molecule has 1 aliphatic heterocycles. The number of hydrogen-bond acceptors (Lipinski definition) is 4. The smallest absolute Gasteiger partial charge is 0.368 e. The fourth-order valence-electron chi connectivity index (χ4n) is 5.50. The summed E-state index contributed by atoms with van der Waals surface area (Å²) < 4.78 is 78.8. The molecule has 36 heavy (non-hydrogen) atoms. The van der Waals surface area contributed by atoms with E-state index in [-0.39, 0.29) is 34.9 Å². The highest BCUT2D eigenvalue weighted by Gasteiger charge is 2.57. The van der Waals surface area contributed by atoms with Crippen LogP contribution in [0.1, 0.15) is 59.5 Å². The first-order valence-electron chi connectivity index (χ1n) is 11.6. The van der Waals surface area contributed by atoms with Crippen molar-refractivity contribution in [1.29, 1.82) is 0 Å². The van der Waals surface area contributed by atoms with Crippen molar-refractivity contribution in [1.82, 2.24) is 4.90 Å². The number of carbonyl (C=O) groups is 2. The summed E-state index contributed by atoms with van der Waals surface area (Å²) in [6.45, 7) is 0.107. The van der Waals surface area contributed by atoms with E-state index in [2.05, 4.69) is 0 Å². The average Bonchev–Trinajstić information content (AvgIpc) is 3.20. The zero-order chi connectivity index (χ0) is 26.5. The first-order chi connectivity index (χ1) is 16.8. The topological polar surface area (TPSA) is 97.5 Å². The molecule has 2 N–H and O–H groups in total. The lowest BCUT2D eigenvalue weighted by molar-refractivity contribution is -0.138. The molecule has 0 spiro atoms. The van der Waals surface area contributed by atoms with Crippen molar-refractivity contribution in [3.63, 3.8) is 0 Å². The van der Waals surface area contributed by atoms with Gasteiger partial charge in [-0.3, -0.25) is 9.59 Å². The predicted molar refractivity (Wildman–Crippen MR) is 123 cm³/mol. The van der Waals surface area contributed by atoms with Gasteiger partial charge in [-0.1, -0.05) is 18.6 Å². The summed E-state index contributed by atoms with van der Waals surface area (Å²) in [6.07, 6.45) is -1.26. The Labute approximate surface area is 206 Å². The molecule has 0 aromatic heterocycles. The molecule has 2 aromatic rings. The van der Waals surface area contributed by atoms with Crippen LogP contribution in [-0.4, -0.2) is 43.5 Å². The summed E-state index contributed by atoms with van der Waals surface area (Å²) in [5, 5.41) is 0. The number of rotatable bonds is 6. The molecule has 4 rings (SSSR count). The van der Waals surface area contributed by atoms with Gasteiger partial charge in [0.15, 0.2) is 9.84 Å². The van der Waals surface area contributed by atoms with E-state index in [1.165, 1.54) is 29.2 Å². The van der Waals surface area contributed by atoms with E-state index >= 15 is 4.39 Å². The molecule has 1 heterocycles. The van der Waals surface area contributed by atoms with E-state index in [4.69, 9.17) is 5.73 Å². The minimum Gasteiger partial charge on any atom is -0.368 e. The molecule has 1 aliphatic carbocycles. The van der Waals surface area contributed by atoms with E-state index in [1.807, 2.05) is 0 Å². The number of primary amides is 1. The predicted octanol–water partition coefficient (Wildman–Crippen LogP) is 4.29. The van der Waals surface area contributed by atoms with Crippen LogP contribution in [0.2, 0.25) is 0 Å². The number of likely N-dealkylation sites (tertiary alicyclic amines) is 1. The van der Waals surface area contributed by atoms with Crippen LogP contribution < -0.4 is 5.73 Å². The molecule has 11 heteroatoms. The average molecular weight is 527 g/mol. The van der Waals surface area contributed by atoms with Crippen molar-refractivity contribution >= 4 is 21.7 Å². The number of amides is 2. The summed E-state index contributed by atoms with van der Waals surface area (Å²) in [7, 11) is -3.62. The van der Waals surface area contributed by atoms with Crippen LogP contribution in [0.3, 0.4) is 0 Å². The van der Waals surface area contributed by atoms with Gasteiger partial charge in [-0.05, 0) is 67.5 Å². The van der Waals surface area contributed by atoms with Crippen LogP contribution in [-0.2, 0) is 20.8 Å². The maximum absolute atomic E-state index is 15.3. The molecular formula is C25H26F4N2O4S. The van der Waals surface area contributed by atoms with E-state index in [1.54, 1.807) is 0 Å². The zero-order valence-corrected chi connectivity index (χ0v) is 20.3. The van der Waals surface area contributed by atoms with Crippen LogP contribution in [0.4, 0.5) is 17.6 Å². The lowest BCUT2D eigenvalue weighted by Gasteiger charge is -2.48. The highest BCUT2D eigenvalue weighted by atomic mass is 32.2. The number of hydrogen-bond donors (Lipinski definition) is 1. The molecule has 0 unspecified atom stereocenters. The third-order valence-electron chi connectivity index (χ3n) is 7.40. The fourth-order valence-corrected chi connectivity index (χ4v) is 6.17. The Balaban J connectivity index is 1.84. The van der Waals surface area contributed by atoms with Crippen LogP contribution in [0, 0.1) is 11.7 Å². The number of nitrogens with zero attached hydrogens (tertiary/aromatic N) is 1. The number of sulfone groups is 1. The Kier molecular flexibility index (Phi) is 6.65. The van der Waals surface area contributed by atoms with E-state index in [0.717, 1.165) is 24.8 Å². The number of nitrogens with two attached hydrogens (primary N) is 1. The van der Waals surface area contributed by atoms with Crippen molar-refractivity contribution in [3.8, 4) is 0 Å². The monoisotopic (exact) mass is 526 g/mol. The van der Waals surface area contributed by atoms with Crippen molar-refractivity contribution in [2.75, 3.05) is 12.8 Å².